The molecule has 0 saturated carbocycles. The summed E-state index contributed by atoms with van der Waals surface area (Å²) < 4.78 is 11.8. The lowest BCUT2D eigenvalue weighted by Gasteiger charge is -2.49. The number of rotatable bonds is 9. The van der Waals surface area contributed by atoms with Gasteiger partial charge >= 0.3 is 17.9 Å². The minimum absolute atomic E-state index is 0.171. The summed E-state index contributed by atoms with van der Waals surface area (Å²) in [4.78, 5) is 62.7. The van der Waals surface area contributed by atoms with E-state index in [2.05, 4.69) is 5.32 Å². The number of carboxylic acid groups (broad SMARTS) is 1. The Bertz CT molecular complexity index is 1330. The van der Waals surface area contributed by atoms with E-state index in [1.54, 1.807) is 24.5 Å². The van der Waals surface area contributed by atoms with Crippen LogP contribution in [0.2, 0.25) is 0 Å². The summed E-state index contributed by atoms with van der Waals surface area (Å²) in [6, 6.07) is 10.0. The lowest BCUT2D eigenvalue weighted by molar-refractivity contribution is -0.151. The van der Waals surface area contributed by atoms with Gasteiger partial charge in [0.15, 0.2) is 0 Å². The van der Waals surface area contributed by atoms with Gasteiger partial charge in [0.1, 0.15) is 30.3 Å². The Hall–Kier alpha value is -4.06. The normalized spacial score (nSPS) is 18.4. The molecular formula is C26H27N3O8S. The number of thioether (sulfide) groups is 1. The Morgan fingerprint density at radius 3 is 2.50 bits per heavy atom. The Morgan fingerprint density at radius 1 is 1.16 bits per heavy atom. The van der Waals surface area contributed by atoms with Gasteiger partial charge in [-0.1, -0.05) is 30.3 Å². The molecule has 38 heavy (non-hydrogen) atoms. The van der Waals surface area contributed by atoms with E-state index in [0.29, 0.717) is 22.5 Å². The van der Waals surface area contributed by atoms with Crippen LogP contribution in [0.5, 0.6) is 0 Å². The first kappa shape index (κ1) is 27.0. The van der Waals surface area contributed by atoms with Crippen molar-refractivity contribution >= 4 is 41.5 Å². The molecule has 12 heteroatoms. The summed E-state index contributed by atoms with van der Waals surface area (Å²) in [5.74, 6) is -3.17. The third-order valence-corrected chi connectivity index (χ3v) is 7.59. The SMILES string of the molecule is CCOC(=O)c1cc(-c2ccccc2)n(CC(=O)N[C@@H]2C(=O)N3C(C(=O)O)=C(COC(C)=O)CS[C@H]23)c1C. The molecule has 0 spiro atoms. The largest absolute Gasteiger partial charge is 0.477 e. The topological polar surface area (TPSA) is 144 Å². The molecule has 0 aliphatic carbocycles. The number of aliphatic carboxylic acids is 1. The fourth-order valence-corrected chi connectivity index (χ4v) is 5.79. The number of carboxylic acids is 1. The van der Waals surface area contributed by atoms with Gasteiger partial charge in [0.2, 0.25) is 5.91 Å². The number of nitrogens with one attached hydrogen (secondary N) is 1. The van der Waals surface area contributed by atoms with Crippen molar-refractivity contribution in [2.45, 2.75) is 38.7 Å². The van der Waals surface area contributed by atoms with Crippen molar-refractivity contribution in [3.63, 3.8) is 0 Å². The molecule has 1 fully saturated rings. The Morgan fingerprint density at radius 2 is 1.87 bits per heavy atom. The predicted molar refractivity (Wildman–Crippen MR) is 137 cm³/mol. The zero-order valence-electron chi connectivity index (χ0n) is 21.1. The third kappa shape index (κ3) is 5.17. The molecule has 1 aromatic carbocycles. The van der Waals surface area contributed by atoms with Gasteiger partial charge in [0, 0.05) is 29.6 Å². The zero-order chi connectivity index (χ0) is 27.6. The summed E-state index contributed by atoms with van der Waals surface area (Å²) in [7, 11) is 0. The third-order valence-electron chi connectivity index (χ3n) is 6.25. The van der Waals surface area contributed by atoms with Crippen molar-refractivity contribution in [3.05, 3.63) is 58.9 Å². The Labute approximate surface area is 222 Å². The molecule has 4 rings (SSSR count). The van der Waals surface area contributed by atoms with Crippen LogP contribution in [0, 0.1) is 6.92 Å². The standard InChI is InChI=1S/C26H27N3O8S/c1-4-36-26(35)18-10-19(16-8-6-5-7-9-16)28(14(18)2)11-20(31)27-21-23(32)29-22(25(33)34)17(12-37-15(3)30)13-38-24(21)29/h5-10,21,24H,4,11-13H2,1-3H3,(H,27,31)(H,33,34)/t21-,24-/m1/s1. The summed E-state index contributed by atoms with van der Waals surface area (Å²) in [5, 5.41) is 11.8. The Kier molecular flexibility index (Phi) is 7.91. The number of fused-ring (bicyclic) bond motifs is 1. The summed E-state index contributed by atoms with van der Waals surface area (Å²) in [6.45, 7) is 4.45. The fraction of sp³-hybridized carbons (Fsp3) is 0.346. The van der Waals surface area contributed by atoms with Crippen LogP contribution in [-0.2, 0) is 35.2 Å². The summed E-state index contributed by atoms with van der Waals surface area (Å²) in [5.41, 5.74) is 2.40. The maximum absolute atomic E-state index is 13.1. The lowest BCUT2D eigenvalue weighted by Crippen LogP contribution is -2.70. The molecular weight excluding hydrogens is 514 g/mol. The second-order valence-corrected chi connectivity index (χ2v) is 9.80. The monoisotopic (exact) mass is 541 g/mol. The van der Waals surface area contributed by atoms with Crippen molar-refractivity contribution in [1.29, 1.82) is 0 Å². The predicted octanol–water partition coefficient (Wildman–Crippen LogP) is 1.94. The second kappa shape index (κ2) is 11.1. The summed E-state index contributed by atoms with van der Waals surface area (Å²) in [6.07, 6.45) is 0. The first-order valence-electron chi connectivity index (χ1n) is 11.9. The van der Waals surface area contributed by atoms with Crippen molar-refractivity contribution < 1.29 is 38.6 Å². The highest BCUT2D eigenvalue weighted by atomic mass is 32.2. The van der Waals surface area contributed by atoms with Crippen molar-refractivity contribution in [2.24, 2.45) is 0 Å². The number of hydrogen-bond donors (Lipinski definition) is 2. The molecule has 1 aromatic heterocycles. The van der Waals surface area contributed by atoms with Crippen LogP contribution >= 0.6 is 11.8 Å². The number of ether oxygens (including phenoxy) is 2. The van der Waals surface area contributed by atoms with E-state index >= 15 is 0 Å². The molecule has 2 aromatic rings. The molecule has 1 saturated heterocycles. The highest BCUT2D eigenvalue weighted by molar-refractivity contribution is 8.00. The number of nitrogens with zero attached hydrogens (tertiary/aromatic N) is 2. The van der Waals surface area contributed by atoms with Gasteiger partial charge in [-0.3, -0.25) is 19.3 Å². The van der Waals surface area contributed by atoms with Gasteiger partial charge in [-0.05, 0) is 25.5 Å². The van der Waals surface area contributed by atoms with Crippen LogP contribution in [-0.4, -0.2) is 74.7 Å². The lowest BCUT2D eigenvalue weighted by atomic mass is 10.0. The van der Waals surface area contributed by atoms with Gasteiger partial charge in [-0.25, -0.2) is 9.59 Å². The van der Waals surface area contributed by atoms with Crippen LogP contribution in [0.1, 0.15) is 29.9 Å². The smallest absolute Gasteiger partial charge is 0.352 e. The number of esters is 2. The zero-order valence-corrected chi connectivity index (χ0v) is 21.9. The summed E-state index contributed by atoms with van der Waals surface area (Å²) >= 11 is 1.28. The molecule has 11 nitrogen and oxygen atoms in total. The van der Waals surface area contributed by atoms with Crippen LogP contribution < -0.4 is 5.32 Å². The minimum atomic E-state index is -1.31. The molecule has 2 atom stereocenters. The number of benzene rings is 1. The number of aromatic nitrogens is 1. The first-order chi connectivity index (χ1) is 18.1. The van der Waals surface area contributed by atoms with Gasteiger partial charge < -0.3 is 24.5 Å². The number of hydrogen-bond acceptors (Lipinski definition) is 8. The van der Waals surface area contributed by atoms with E-state index in [1.807, 2.05) is 30.3 Å². The quantitative estimate of drug-likeness (QED) is 0.359. The number of carbonyl (C=O) groups excluding carboxylic acids is 4. The average molecular weight is 542 g/mol. The van der Waals surface area contributed by atoms with E-state index in [4.69, 9.17) is 9.47 Å². The minimum Gasteiger partial charge on any atom is -0.477 e. The van der Waals surface area contributed by atoms with Crippen LogP contribution in [0.15, 0.2) is 47.7 Å². The molecule has 0 unspecified atom stereocenters. The van der Waals surface area contributed by atoms with Crippen molar-refractivity contribution in [1.82, 2.24) is 14.8 Å². The van der Waals surface area contributed by atoms with Crippen molar-refractivity contribution in [2.75, 3.05) is 19.0 Å². The highest BCUT2D eigenvalue weighted by Crippen LogP contribution is 2.40. The van der Waals surface area contributed by atoms with E-state index in [0.717, 1.165) is 10.5 Å². The molecule has 0 radical (unpaired) electrons. The average Bonchev–Trinajstić information content (AvgIpc) is 3.21. The number of β-lactam (4-membered cyclic amide) rings is 1. The van der Waals surface area contributed by atoms with Gasteiger partial charge in [0.05, 0.1) is 12.2 Å². The molecule has 2 amide bonds. The van der Waals surface area contributed by atoms with E-state index in [1.165, 1.54) is 18.7 Å². The molecule has 2 aliphatic heterocycles. The maximum Gasteiger partial charge on any atom is 0.352 e. The van der Waals surface area contributed by atoms with Crippen molar-refractivity contribution in [3.8, 4) is 11.3 Å². The van der Waals surface area contributed by atoms with Crippen LogP contribution in [0.4, 0.5) is 0 Å². The first-order valence-corrected chi connectivity index (χ1v) is 12.9. The molecule has 2 N–H and O–H groups in total. The van der Waals surface area contributed by atoms with Gasteiger partial charge in [0.25, 0.3) is 5.91 Å². The van der Waals surface area contributed by atoms with Gasteiger partial charge in [-0.15, -0.1) is 11.8 Å². The van der Waals surface area contributed by atoms with E-state index < -0.39 is 41.1 Å². The van der Waals surface area contributed by atoms with Gasteiger partial charge in [-0.2, -0.15) is 0 Å². The van der Waals surface area contributed by atoms with E-state index in [9.17, 15) is 29.1 Å². The fourth-order valence-electron chi connectivity index (χ4n) is 4.46. The van der Waals surface area contributed by atoms with Crippen LogP contribution in [0.25, 0.3) is 11.3 Å². The molecule has 3 heterocycles. The maximum atomic E-state index is 13.1. The molecule has 0 bridgehead atoms. The van der Waals surface area contributed by atoms with E-state index in [-0.39, 0.29) is 31.2 Å². The second-order valence-electron chi connectivity index (χ2n) is 8.69. The highest BCUT2D eigenvalue weighted by Gasteiger charge is 2.54. The molecule has 2 aliphatic rings. The molecule has 200 valence electrons. The Balaban J connectivity index is 1.54. The number of carbonyl (C=O) groups is 5. The van der Waals surface area contributed by atoms with Crippen LogP contribution in [0.3, 0.4) is 0 Å². The number of amides is 2.